The Balaban J connectivity index is 1.60. The Hall–Kier alpha value is -0.930. The van der Waals surface area contributed by atoms with E-state index in [-0.39, 0.29) is 5.82 Å². The molecule has 19 heavy (non-hydrogen) atoms. The van der Waals surface area contributed by atoms with Crippen LogP contribution in [0.4, 0.5) is 4.39 Å². The molecule has 0 unspecified atom stereocenters. The van der Waals surface area contributed by atoms with E-state index in [9.17, 15) is 4.39 Å². The summed E-state index contributed by atoms with van der Waals surface area (Å²) in [6, 6.07) is 7.77. The van der Waals surface area contributed by atoms with Gasteiger partial charge in [0.25, 0.3) is 0 Å². The van der Waals surface area contributed by atoms with Gasteiger partial charge in [-0.3, -0.25) is 0 Å². The molecule has 1 aromatic rings. The van der Waals surface area contributed by atoms with Gasteiger partial charge in [0.2, 0.25) is 0 Å². The summed E-state index contributed by atoms with van der Waals surface area (Å²) in [5.41, 5.74) is 0.896. The van der Waals surface area contributed by atoms with E-state index in [1.165, 1.54) is 12.8 Å². The monoisotopic (exact) mass is 264 g/mol. The Labute approximate surface area is 116 Å². The molecule has 2 nitrogen and oxygen atoms in total. The van der Waals surface area contributed by atoms with E-state index in [4.69, 9.17) is 0 Å². The van der Waals surface area contributed by atoms with Gasteiger partial charge in [-0.15, -0.1) is 0 Å². The first kappa shape index (κ1) is 14.5. The molecule has 2 rings (SSSR count). The molecule has 3 heteroatoms. The lowest BCUT2D eigenvalue weighted by atomic mass is 9.75. The summed E-state index contributed by atoms with van der Waals surface area (Å²) in [5, 5.41) is 3.57. The highest BCUT2D eigenvalue weighted by Gasteiger charge is 2.31. The SMILES string of the molecule is CN(C)CCCCNC1CC(c2ccccc2F)C1. The summed E-state index contributed by atoms with van der Waals surface area (Å²) in [7, 11) is 4.22. The van der Waals surface area contributed by atoms with Gasteiger partial charge in [-0.05, 0) is 70.4 Å². The second kappa shape index (κ2) is 7.01. The van der Waals surface area contributed by atoms with Gasteiger partial charge < -0.3 is 10.2 Å². The fraction of sp³-hybridized carbons (Fsp3) is 0.625. The Bertz CT molecular complexity index is 386. The van der Waals surface area contributed by atoms with Gasteiger partial charge in [0, 0.05) is 6.04 Å². The normalized spacial score (nSPS) is 22.5. The van der Waals surface area contributed by atoms with Crippen LogP contribution >= 0.6 is 0 Å². The second-order valence-corrected chi connectivity index (χ2v) is 5.85. The molecule has 0 radical (unpaired) electrons. The topological polar surface area (TPSA) is 15.3 Å². The summed E-state index contributed by atoms with van der Waals surface area (Å²) in [5.74, 6) is 0.373. The van der Waals surface area contributed by atoms with E-state index in [0.717, 1.165) is 31.5 Å². The first-order valence-electron chi connectivity index (χ1n) is 7.29. The Morgan fingerprint density at radius 3 is 2.63 bits per heavy atom. The molecule has 0 atom stereocenters. The number of nitrogens with zero attached hydrogens (tertiary/aromatic N) is 1. The molecule has 0 bridgehead atoms. The van der Waals surface area contributed by atoms with Crippen molar-refractivity contribution in [1.29, 1.82) is 0 Å². The van der Waals surface area contributed by atoms with Crippen molar-refractivity contribution in [1.82, 2.24) is 10.2 Å². The zero-order chi connectivity index (χ0) is 13.7. The summed E-state index contributed by atoms with van der Waals surface area (Å²) in [6.07, 6.45) is 4.62. The molecule has 106 valence electrons. The standard InChI is InChI=1S/C16H25FN2/c1-19(2)10-6-5-9-18-14-11-13(12-14)15-7-3-4-8-16(15)17/h3-4,7-8,13-14,18H,5-6,9-12H2,1-2H3. The molecule has 1 fully saturated rings. The van der Waals surface area contributed by atoms with Crippen LogP contribution in [-0.2, 0) is 0 Å². The number of rotatable bonds is 7. The van der Waals surface area contributed by atoms with E-state index >= 15 is 0 Å². The number of nitrogens with one attached hydrogen (secondary N) is 1. The highest BCUT2D eigenvalue weighted by atomic mass is 19.1. The largest absolute Gasteiger partial charge is 0.314 e. The maximum absolute atomic E-state index is 13.6. The van der Waals surface area contributed by atoms with Crippen molar-refractivity contribution in [2.75, 3.05) is 27.2 Å². The lowest BCUT2D eigenvalue weighted by Gasteiger charge is -2.36. The van der Waals surface area contributed by atoms with Crippen LogP contribution in [0.3, 0.4) is 0 Å². The van der Waals surface area contributed by atoms with Crippen molar-refractivity contribution in [2.24, 2.45) is 0 Å². The third-order valence-electron chi connectivity index (χ3n) is 3.95. The van der Waals surface area contributed by atoms with Crippen molar-refractivity contribution in [3.05, 3.63) is 35.6 Å². The molecular formula is C16H25FN2. The Morgan fingerprint density at radius 2 is 1.95 bits per heavy atom. The molecule has 0 heterocycles. The van der Waals surface area contributed by atoms with Crippen LogP contribution in [0.5, 0.6) is 0 Å². The van der Waals surface area contributed by atoms with E-state index in [1.807, 2.05) is 12.1 Å². The Kier molecular flexibility index (Phi) is 5.34. The van der Waals surface area contributed by atoms with Crippen LogP contribution in [-0.4, -0.2) is 38.1 Å². The van der Waals surface area contributed by atoms with Crippen LogP contribution in [0.2, 0.25) is 0 Å². The minimum absolute atomic E-state index is 0.0445. The third kappa shape index (κ3) is 4.29. The number of hydrogen-bond acceptors (Lipinski definition) is 2. The first-order valence-corrected chi connectivity index (χ1v) is 7.29. The quantitative estimate of drug-likeness (QED) is 0.762. The summed E-state index contributed by atoms with van der Waals surface area (Å²) < 4.78 is 13.6. The third-order valence-corrected chi connectivity index (χ3v) is 3.95. The average Bonchev–Trinajstić information content (AvgIpc) is 2.32. The molecule has 0 spiro atoms. The Morgan fingerprint density at radius 1 is 1.21 bits per heavy atom. The highest BCUT2D eigenvalue weighted by molar-refractivity contribution is 5.24. The van der Waals surface area contributed by atoms with Gasteiger partial charge in [-0.1, -0.05) is 18.2 Å². The molecule has 1 aliphatic rings. The predicted octanol–water partition coefficient (Wildman–Crippen LogP) is 3.00. The molecule has 0 saturated heterocycles. The molecule has 0 aliphatic heterocycles. The summed E-state index contributed by atoms with van der Waals surface area (Å²) in [4.78, 5) is 2.22. The average molecular weight is 264 g/mol. The van der Waals surface area contributed by atoms with Crippen molar-refractivity contribution < 1.29 is 4.39 Å². The fourth-order valence-corrected chi connectivity index (χ4v) is 2.70. The smallest absolute Gasteiger partial charge is 0.126 e. The van der Waals surface area contributed by atoms with Crippen LogP contribution < -0.4 is 5.32 Å². The second-order valence-electron chi connectivity index (χ2n) is 5.85. The van der Waals surface area contributed by atoms with Gasteiger partial charge >= 0.3 is 0 Å². The number of hydrogen-bond donors (Lipinski definition) is 1. The molecule has 1 N–H and O–H groups in total. The maximum atomic E-state index is 13.6. The van der Waals surface area contributed by atoms with E-state index in [2.05, 4.69) is 24.3 Å². The van der Waals surface area contributed by atoms with Gasteiger partial charge in [0.1, 0.15) is 5.82 Å². The first-order chi connectivity index (χ1) is 9.16. The maximum Gasteiger partial charge on any atom is 0.126 e. The zero-order valence-electron chi connectivity index (χ0n) is 12.0. The van der Waals surface area contributed by atoms with Crippen molar-refractivity contribution in [2.45, 2.75) is 37.6 Å². The number of halogens is 1. The van der Waals surface area contributed by atoms with Crippen molar-refractivity contribution in [3.8, 4) is 0 Å². The summed E-state index contributed by atoms with van der Waals surface area (Å²) >= 11 is 0. The zero-order valence-corrected chi connectivity index (χ0v) is 12.0. The van der Waals surface area contributed by atoms with Crippen molar-refractivity contribution in [3.63, 3.8) is 0 Å². The lowest BCUT2D eigenvalue weighted by molar-refractivity contribution is 0.282. The van der Waals surface area contributed by atoms with Gasteiger partial charge in [-0.25, -0.2) is 4.39 Å². The van der Waals surface area contributed by atoms with E-state index < -0.39 is 0 Å². The number of benzene rings is 1. The van der Waals surface area contributed by atoms with E-state index in [1.54, 1.807) is 12.1 Å². The van der Waals surface area contributed by atoms with Crippen molar-refractivity contribution >= 4 is 0 Å². The lowest BCUT2D eigenvalue weighted by Crippen LogP contribution is -2.40. The van der Waals surface area contributed by atoms with Crippen LogP contribution in [0, 0.1) is 5.82 Å². The molecule has 1 aromatic carbocycles. The van der Waals surface area contributed by atoms with Gasteiger partial charge in [0.15, 0.2) is 0 Å². The van der Waals surface area contributed by atoms with Crippen LogP contribution in [0.15, 0.2) is 24.3 Å². The van der Waals surface area contributed by atoms with Crippen LogP contribution in [0.25, 0.3) is 0 Å². The molecule has 1 saturated carbocycles. The minimum atomic E-state index is -0.0445. The molecular weight excluding hydrogens is 239 g/mol. The van der Waals surface area contributed by atoms with E-state index in [0.29, 0.717) is 12.0 Å². The fourth-order valence-electron chi connectivity index (χ4n) is 2.70. The van der Waals surface area contributed by atoms with Gasteiger partial charge in [-0.2, -0.15) is 0 Å². The highest BCUT2D eigenvalue weighted by Crippen LogP contribution is 2.37. The number of unbranched alkanes of at least 4 members (excludes halogenated alkanes) is 1. The summed E-state index contributed by atoms with van der Waals surface area (Å²) in [6.45, 7) is 2.24. The predicted molar refractivity (Wildman–Crippen MR) is 78.0 cm³/mol. The van der Waals surface area contributed by atoms with Gasteiger partial charge in [0.05, 0.1) is 0 Å². The minimum Gasteiger partial charge on any atom is -0.314 e. The molecule has 0 amide bonds. The van der Waals surface area contributed by atoms with Crippen LogP contribution in [0.1, 0.15) is 37.2 Å². The molecule has 1 aliphatic carbocycles. The molecule has 0 aromatic heterocycles.